The average Bonchev–Trinajstić information content (AvgIpc) is 3.91. The number of aryl methyl sites for hydroxylation is 1. The first-order valence-corrected chi connectivity index (χ1v) is 19.3. The van der Waals surface area contributed by atoms with E-state index in [0.29, 0.717) is 56.7 Å². The number of likely N-dealkylation sites (tertiary alicyclic amines) is 1. The van der Waals surface area contributed by atoms with E-state index in [1.54, 1.807) is 0 Å². The van der Waals surface area contributed by atoms with Crippen LogP contribution in [0.2, 0.25) is 5.02 Å². The van der Waals surface area contributed by atoms with E-state index in [9.17, 15) is 9.59 Å². The molecule has 9 nitrogen and oxygen atoms in total. The van der Waals surface area contributed by atoms with Crippen molar-refractivity contribution in [2.75, 3.05) is 64.4 Å². The van der Waals surface area contributed by atoms with Crippen molar-refractivity contribution in [3.63, 3.8) is 0 Å². The monoisotopic (exact) mass is 703 g/mol. The van der Waals surface area contributed by atoms with Crippen LogP contribution in [0.25, 0.3) is 0 Å². The van der Waals surface area contributed by atoms with Crippen molar-refractivity contribution in [2.24, 2.45) is 11.8 Å². The molecule has 2 aromatic carbocycles. The number of piperazine rings is 1. The number of hydrogen-bond donors (Lipinski definition) is 0. The molecule has 0 unspecified atom stereocenters. The molecule has 3 amide bonds. The lowest BCUT2D eigenvalue weighted by molar-refractivity contribution is -0.148. The molecule has 1 saturated carbocycles. The maximum Gasteiger partial charge on any atom is 0.252 e. The first-order chi connectivity index (χ1) is 24.2. The third kappa shape index (κ3) is 7.28. The van der Waals surface area contributed by atoms with Crippen molar-refractivity contribution >= 4 is 35.0 Å². The number of likely N-dealkylation sites (N-methyl/N-ethyl adjacent to an activating group) is 1. The third-order valence-electron chi connectivity index (χ3n) is 12.3. The van der Waals surface area contributed by atoms with Crippen molar-refractivity contribution in [2.45, 2.75) is 88.9 Å². The van der Waals surface area contributed by atoms with Gasteiger partial charge in [0.1, 0.15) is 12.1 Å². The van der Waals surface area contributed by atoms with E-state index < -0.39 is 12.1 Å². The Labute approximate surface area is 302 Å². The van der Waals surface area contributed by atoms with Gasteiger partial charge in [0.05, 0.1) is 12.0 Å². The summed E-state index contributed by atoms with van der Waals surface area (Å²) in [6, 6.07) is 15.5. The van der Waals surface area contributed by atoms with Crippen LogP contribution in [-0.4, -0.2) is 121 Å². The molecule has 1 aliphatic carbocycles. The molecule has 10 heteroatoms. The highest BCUT2D eigenvalue weighted by atomic mass is 35.5. The number of nitrogens with zero attached hydrogens (tertiary/aromatic N) is 5. The number of rotatable bonds is 7. The van der Waals surface area contributed by atoms with E-state index in [1.165, 1.54) is 5.56 Å². The fraction of sp³-hybridized carbons (Fsp3) is 0.625. The summed E-state index contributed by atoms with van der Waals surface area (Å²) in [6.07, 6.45) is 5.73. The molecule has 270 valence electrons. The Hall–Kier alpha value is -3.14. The number of benzene rings is 2. The number of para-hydroxylation sites is 1. The molecule has 0 aromatic heterocycles. The van der Waals surface area contributed by atoms with Crippen LogP contribution < -0.4 is 4.90 Å². The summed E-state index contributed by atoms with van der Waals surface area (Å²) in [4.78, 5) is 54.6. The minimum Gasteiger partial charge on any atom is -0.370 e. The lowest BCUT2D eigenvalue weighted by Gasteiger charge is -2.41. The van der Waals surface area contributed by atoms with Crippen LogP contribution in [0.1, 0.15) is 68.9 Å². The summed E-state index contributed by atoms with van der Waals surface area (Å²) in [5.74, 6) is 0.308. The van der Waals surface area contributed by atoms with Gasteiger partial charge in [-0.05, 0) is 94.2 Å². The molecular formula is C40H54ClN5O4. The van der Waals surface area contributed by atoms with Gasteiger partial charge in [-0.3, -0.25) is 14.4 Å². The Morgan fingerprint density at radius 3 is 2.24 bits per heavy atom. The Bertz CT molecular complexity index is 1520. The van der Waals surface area contributed by atoms with Crippen molar-refractivity contribution in [1.29, 1.82) is 0 Å². The molecule has 7 rings (SSSR count). The second-order valence-corrected chi connectivity index (χ2v) is 16.1. The predicted molar refractivity (Wildman–Crippen MR) is 196 cm³/mol. The molecule has 5 aliphatic rings. The molecule has 0 N–H and O–H groups in total. The Morgan fingerprint density at radius 2 is 1.56 bits per heavy atom. The quantitative estimate of drug-likeness (QED) is 0.395. The predicted octanol–water partition coefficient (Wildman–Crippen LogP) is 5.20. The molecular weight excluding hydrogens is 650 g/mol. The third-order valence-corrected chi connectivity index (χ3v) is 12.5. The molecule has 4 aliphatic heterocycles. The first kappa shape index (κ1) is 35.3. The fourth-order valence-electron chi connectivity index (χ4n) is 9.28. The molecule has 5 atom stereocenters. The number of ether oxygens (including phenoxy) is 1. The van der Waals surface area contributed by atoms with Gasteiger partial charge in [0.2, 0.25) is 11.8 Å². The number of amides is 3. The zero-order valence-electron chi connectivity index (χ0n) is 30.0. The highest BCUT2D eigenvalue weighted by Crippen LogP contribution is 2.41. The Balaban J connectivity index is 1.22. The van der Waals surface area contributed by atoms with Gasteiger partial charge in [-0.25, -0.2) is 0 Å². The van der Waals surface area contributed by atoms with E-state index in [0.717, 1.165) is 62.9 Å². The largest absolute Gasteiger partial charge is 0.370 e. The SMILES string of the molecule is Cc1ccccc1N1C[C@@H](C(=O)N2C[C@@H](N(C(=O)[C@@H]3CCCO3)[C@H]3CC[C@@H](C)CC3)C[C@H]2C(=O)N2CCN(C)CC2)[C@H](c2ccc(Cl)cc2)C1. The molecule has 0 radical (unpaired) electrons. The number of anilines is 1. The summed E-state index contributed by atoms with van der Waals surface area (Å²) in [5, 5.41) is 0.665. The summed E-state index contributed by atoms with van der Waals surface area (Å²) in [6.45, 7) is 9.57. The topological polar surface area (TPSA) is 76.6 Å². The van der Waals surface area contributed by atoms with Gasteiger partial charge in [0, 0.05) is 75.1 Å². The molecule has 50 heavy (non-hydrogen) atoms. The summed E-state index contributed by atoms with van der Waals surface area (Å²) in [7, 11) is 2.08. The molecule has 0 bridgehead atoms. The molecule has 4 heterocycles. The zero-order valence-corrected chi connectivity index (χ0v) is 30.8. The van der Waals surface area contributed by atoms with Crippen LogP contribution in [0.3, 0.4) is 0 Å². The van der Waals surface area contributed by atoms with E-state index in [2.05, 4.69) is 53.8 Å². The van der Waals surface area contributed by atoms with Crippen LogP contribution in [0.15, 0.2) is 48.5 Å². The van der Waals surface area contributed by atoms with Crippen LogP contribution in [-0.2, 0) is 19.1 Å². The zero-order chi connectivity index (χ0) is 34.9. The van der Waals surface area contributed by atoms with Gasteiger partial charge < -0.3 is 29.2 Å². The van der Waals surface area contributed by atoms with Crippen LogP contribution in [0, 0.1) is 18.8 Å². The summed E-state index contributed by atoms with van der Waals surface area (Å²) in [5.41, 5.74) is 3.38. The second kappa shape index (κ2) is 15.2. The van der Waals surface area contributed by atoms with Gasteiger partial charge in [-0.1, -0.05) is 48.9 Å². The van der Waals surface area contributed by atoms with Gasteiger partial charge in [0.25, 0.3) is 5.91 Å². The van der Waals surface area contributed by atoms with Crippen molar-refractivity contribution in [3.8, 4) is 0 Å². The van der Waals surface area contributed by atoms with Crippen molar-refractivity contribution in [1.82, 2.24) is 19.6 Å². The fourth-order valence-corrected chi connectivity index (χ4v) is 9.40. The maximum absolute atomic E-state index is 15.2. The average molecular weight is 704 g/mol. The van der Waals surface area contributed by atoms with Gasteiger partial charge in [0.15, 0.2) is 0 Å². The molecule has 2 aromatic rings. The van der Waals surface area contributed by atoms with Gasteiger partial charge in [-0.15, -0.1) is 0 Å². The minimum atomic E-state index is -0.600. The van der Waals surface area contributed by atoms with Gasteiger partial charge in [-0.2, -0.15) is 0 Å². The molecule has 5 fully saturated rings. The van der Waals surface area contributed by atoms with Gasteiger partial charge >= 0.3 is 0 Å². The smallest absolute Gasteiger partial charge is 0.252 e. The number of carbonyl (C=O) groups is 3. The highest BCUT2D eigenvalue weighted by molar-refractivity contribution is 6.30. The lowest BCUT2D eigenvalue weighted by Crippen LogP contribution is -2.54. The lowest BCUT2D eigenvalue weighted by atomic mass is 9.85. The van der Waals surface area contributed by atoms with Crippen molar-refractivity contribution < 1.29 is 19.1 Å². The normalized spacial score (nSPS) is 30.6. The number of carbonyl (C=O) groups excluding carboxylic acids is 3. The Kier molecular flexibility index (Phi) is 10.7. The maximum atomic E-state index is 15.2. The summed E-state index contributed by atoms with van der Waals surface area (Å²) >= 11 is 6.32. The van der Waals surface area contributed by atoms with E-state index in [-0.39, 0.29) is 41.6 Å². The van der Waals surface area contributed by atoms with E-state index in [1.807, 2.05) is 40.1 Å². The van der Waals surface area contributed by atoms with Crippen LogP contribution in [0.5, 0.6) is 0 Å². The van der Waals surface area contributed by atoms with E-state index >= 15 is 4.79 Å². The Morgan fingerprint density at radius 1 is 0.840 bits per heavy atom. The summed E-state index contributed by atoms with van der Waals surface area (Å²) < 4.78 is 5.97. The van der Waals surface area contributed by atoms with Crippen molar-refractivity contribution in [3.05, 3.63) is 64.7 Å². The standard InChI is InChI=1S/C40H54ClN5O4/c1-27-10-16-31(17-11-27)46(40(49)37-9-6-22-50-37)32-23-36(39(48)43-20-18-42(3)19-21-43)45(24-32)38(47)34-26-44(35-8-5-4-7-28(35)2)25-33(34)29-12-14-30(41)15-13-29/h4-5,7-8,12-15,27,31-34,36-37H,6,9-11,16-26H2,1-3H3/t27-,31+,32-,33-,34+,36-,37-/m0/s1. The second-order valence-electron chi connectivity index (χ2n) is 15.6. The molecule has 4 saturated heterocycles. The minimum absolute atomic E-state index is 0.0118. The van der Waals surface area contributed by atoms with E-state index in [4.69, 9.17) is 16.3 Å². The first-order valence-electron chi connectivity index (χ1n) is 19.0. The molecule has 0 spiro atoms. The highest BCUT2D eigenvalue weighted by Gasteiger charge is 2.51. The van der Waals surface area contributed by atoms with Crippen LogP contribution >= 0.6 is 11.6 Å². The number of halogens is 1. The van der Waals surface area contributed by atoms with Crippen LogP contribution in [0.4, 0.5) is 5.69 Å². The number of hydrogen-bond acceptors (Lipinski definition) is 6.